The third-order valence-corrected chi connectivity index (χ3v) is 7.98. The lowest BCUT2D eigenvalue weighted by Crippen LogP contribution is -2.47. The molecule has 3 aromatic rings. The number of para-hydroxylation sites is 1. The summed E-state index contributed by atoms with van der Waals surface area (Å²) in [6, 6.07) is 18.0. The number of benzene rings is 2. The van der Waals surface area contributed by atoms with Crippen molar-refractivity contribution < 1.29 is 13.2 Å². The molecule has 6 nitrogen and oxygen atoms in total. The van der Waals surface area contributed by atoms with E-state index in [0.717, 1.165) is 11.8 Å². The first kappa shape index (κ1) is 18.3. The molecular weight excluding hydrogens is 386 g/mol. The molecule has 1 saturated carbocycles. The maximum absolute atomic E-state index is 13.4. The summed E-state index contributed by atoms with van der Waals surface area (Å²) in [5.74, 6) is 0.0289. The first-order valence-corrected chi connectivity index (χ1v) is 11.2. The quantitative estimate of drug-likeness (QED) is 0.721. The SMILES string of the molecule is O=C(N[C@H]1C[C@@H]2C[C@H]1CN2S(=O)(=O)c1cccc2cccnc12)c1ccccc1. The first-order chi connectivity index (χ1) is 14.0. The Hall–Kier alpha value is -2.77. The van der Waals surface area contributed by atoms with E-state index in [-0.39, 0.29) is 28.8 Å². The monoisotopic (exact) mass is 407 g/mol. The summed E-state index contributed by atoms with van der Waals surface area (Å²) in [5.41, 5.74) is 1.13. The van der Waals surface area contributed by atoms with Gasteiger partial charge in [0.05, 0.1) is 5.52 Å². The molecule has 29 heavy (non-hydrogen) atoms. The number of hydrogen-bond acceptors (Lipinski definition) is 4. The molecular formula is C22H21N3O3S. The predicted octanol–water partition coefficient (Wildman–Crippen LogP) is 2.82. The zero-order chi connectivity index (χ0) is 20.0. The van der Waals surface area contributed by atoms with Crippen molar-refractivity contribution in [3.8, 4) is 0 Å². The molecule has 1 aliphatic carbocycles. The van der Waals surface area contributed by atoms with Crippen molar-refractivity contribution in [3.63, 3.8) is 0 Å². The van der Waals surface area contributed by atoms with E-state index in [0.29, 0.717) is 24.0 Å². The topological polar surface area (TPSA) is 79.4 Å². The Labute approximate surface area is 169 Å². The van der Waals surface area contributed by atoms with Crippen LogP contribution in [0.15, 0.2) is 71.8 Å². The molecule has 2 aromatic carbocycles. The third-order valence-electron chi connectivity index (χ3n) is 6.03. The van der Waals surface area contributed by atoms with Crippen molar-refractivity contribution in [3.05, 3.63) is 72.4 Å². The summed E-state index contributed by atoms with van der Waals surface area (Å²) in [6.07, 6.45) is 3.03. The van der Waals surface area contributed by atoms with Crippen LogP contribution in [0.1, 0.15) is 23.2 Å². The number of amides is 1. The molecule has 1 N–H and O–H groups in total. The van der Waals surface area contributed by atoms with E-state index in [4.69, 9.17) is 0 Å². The molecule has 2 heterocycles. The summed E-state index contributed by atoms with van der Waals surface area (Å²) in [5, 5.41) is 3.91. The molecule has 0 spiro atoms. The van der Waals surface area contributed by atoms with Gasteiger partial charge in [-0.25, -0.2) is 8.42 Å². The van der Waals surface area contributed by atoms with E-state index in [9.17, 15) is 13.2 Å². The van der Waals surface area contributed by atoms with Crippen LogP contribution in [0.4, 0.5) is 0 Å². The van der Waals surface area contributed by atoms with E-state index < -0.39 is 10.0 Å². The van der Waals surface area contributed by atoms with Gasteiger partial charge in [-0.2, -0.15) is 4.31 Å². The van der Waals surface area contributed by atoms with E-state index in [2.05, 4.69) is 10.3 Å². The third kappa shape index (κ3) is 3.10. The number of rotatable bonds is 4. The summed E-state index contributed by atoms with van der Waals surface area (Å²) < 4.78 is 28.4. The number of pyridine rings is 1. The van der Waals surface area contributed by atoms with Crippen LogP contribution in [0.25, 0.3) is 10.9 Å². The van der Waals surface area contributed by atoms with Crippen LogP contribution in [-0.4, -0.2) is 42.2 Å². The number of sulfonamides is 1. The fourth-order valence-electron chi connectivity index (χ4n) is 4.64. The van der Waals surface area contributed by atoms with E-state index in [1.54, 1.807) is 40.8 Å². The number of nitrogens with zero attached hydrogens (tertiary/aromatic N) is 2. The van der Waals surface area contributed by atoms with Crippen molar-refractivity contribution in [1.29, 1.82) is 0 Å². The Morgan fingerprint density at radius 2 is 1.79 bits per heavy atom. The van der Waals surface area contributed by atoms with Crippen LogP contribution in [0.2, 0.25) is 0 Å². The Morgan fingerprint density at radius 3 is 2.55 bits per heavy atom. The fraction of sp³-hybridized carbons (Fsp3) is 0.273. The molecule has 0 radical (unpaired) electrons. The summed E-state index contributed by atoms with van der Waals surface area (Å²) in [6.45, 7) is 0.427. The van der Waals surface area contributed by atoms with Gasteiger partial charge in [-0.3, -0.25) is 9.78 Å². The summed E-state index contributed by atoms with van der Waals surface area (Å²) >= 11 is 0. The molecule has 0 unspecified atom stereocenters. The number of piperidine rings is 1. The molecule has 3 atom stereocenters. The van der Waals surface area contributed by atoms with Crippen molar-refractivity contribution >= 4 is 26.8 Å². The van der Waals surface area contributed by atoms with E-state index in [1.165, 1.54) is 0 Å². The maximum atomic E-state index is 13.4. The van der Waals surface area contributed by atoms with Crippen LogP contribution in [-0.2, 0) is 10.0 Å². The van der Waals surface area contributed by atoms with Gasteiger partial charge in [0, 0.05) is 35.8 Å². The number of fused-ring (bicyclic) bond motifs is 3. The highest BCUT2D eigenvalue weighted by molar-refractivity contribution is 7.89. The second-order valence-corrected chi connectivity index (χ2v) is 9.60. The van der Waals surface area contributed by atoms with Gasteiger partial charge in [-0.15, -0.1) is 0 Å². The normalized spacial score (nSPS) is 24.1. The zero-order valence-electron chi connectivity index (χ0n) is 15.7. The highest BCUT2D eigenvalue weighted by atomic mass is 32.2. The van der Waals surface area contributed by atoms with Gasteiger partial charge < -0.3 is 5.32 Å². The average Bonchev–Trinajstić information content (AvgIpc) is 3.35. The molecule has 1 amide bonds. The Balaban J connectivity index is 1.36. The molecule has 5 rings (SSSR count). The molecule has 1 aromatic heterocycles. The summed E-state index contributed by atoms with van der Waals surface area (Å²) in [4.78, 5) is 17.0. The fourth-order valence-corrected chi connectivity index (χ4v) is 6.51. The van der Waals surface area contributed by atoms with Crippen LogP contribution >= 0.6 is 0 Å². The lowest BCUT2D eigenvalue weighted by molar-refractivity contribution is 0.0919. The van der Waals surface area contributed by atoms with Crippen molar-refractivity contribution in [2.75, 3.05) is 6.54 Å². The lowest BCUT2D eigenvalue weighted by atomic mass is 10.0. The smallest absolute Gasteiger partial charge is 0.251 e. The minimum atomic E-state index is -3.64. The van der Waals surface area contributed by atoms with Crippen LogP contribution in [0.3, 0.4) is 0 Å². The van der Waals surface area contributed by atoms with Crippen LogP contribution in [0.5, 0.6) is 0 Å². The van der Waals surface area contributed by atoms with Crippen LogP contribution in [0, 0.1) is 5.92 Å². The second-order valence-electron chi connectivity index (χ2n) is 7.74. The number of hydrogen-bond donors (Lipinski definition) is 1. The molecule has 2 aliphatic rings. The number of aromatic nitrogens is 1. The van der Waals surface area contributed by atoms with Gasteiger partial charge in [-0.1, -0.05) is 36.4 Å². The van der Waals surface area contributed by atoms with Crippen molar-refractivity contribution in [1.82, 2.24) is 14.6 Å². The largest absolute Gasteiger partial charge is 0.349 e. The lowest BCUT2D eigenvalue weighted by Gasteiger charge is -2.31. The van der Waals surface area contributed by atoms with E-state index >= 15 is 0 Å². The predicted molar refractivity (Wildman–Crippen MR) is 110 cm³/mol. The average molecular weight is 407 g/mol. The molecule has 1 aliphatic heterocycles. The standard InChI is InChI=1S/C22H21N3O3S/c26-22(16-6-2-1-3-7-16)24-19-13-18-12-17(19)14-25(18)29(27,28)20-10-4-8-15-9-5-11-23-21(15)20/h1-11,17-19H,12-14H2,(H,24,26)/t17-,18-,19-/m0/s1. The minimum absolute atomic E-state index is 0.00444. The Bertz CT molecular complexity index is 1170. The van der Waals surface area contributed by atoms with Gasteiger partial charge >= 0.3 is 0 Å². The van der Waals surface area contributed by atoms with Crippen molar-refractivity contribution in [2.24, 2.45) is 5.92 Å². The Morgan fingerprint density at radius 1 is 1.00 bits per heavy atom. The van der Waals surface area contributed by atoms with Gasteiger partial charge in [0.25, 0.3) is 5.91 Å². The molecule has 2 fully saturated rings. The number of carbonyl (C=O) groups is 1. The number of nitrogens with one attached hydrogen (secondary N) is 1. The van der Waals surface area contributed by atoms with Gasteiger partial charge in [0.2, 0.25) is 10.0 Å². The first-order valence-electron chi connectivity index (χ1n) is 9.75. The molecule has 2 bridgehead atoms. The summed E-state index contributed by atoms with van der Waals surface area (Å²) in [7, 11) is -3.64. The highest BCUT2D eigenvalue weighted by Gasteiger charge is 2.50. The van der Waals surface area contributed by atoms with Gasteiger partial charge in [-0.05, 0) is 43.0 Å². The van der Waals surface area contributed by atoms with Gasteiger partial charge in [0.1, 0.15) is 4.90 Å². The number of carbonyl (C=O) groups excluding carboxylic acids is 1. The maximum Gasteiger partial charge on any atom is 0.251 e. The second kappa shape index (κ2) is 6.93. The molecule has 1 saturated heterocycles. The molecule has 148 valence electrons. The Kier molecular flexibility index (Phi) is 4.37. The highest BCUT2D eigenvalue weighted by Crippen LogP contribution is 2.41. The van der Waals surface area contributed by atoms with E-state index in [1.807, 2.05) is 30.3 Å². The minimum Gasteiger partial charge on any atom is -0.349 e. The molecule has 7 heteroatoms. The zero-order valence-corrected chi connectivity index (χ0v) is 16.5. The van der Waals surface area contributed by atoms with Gasteiger partial charge in [0.15, 0.2) is 0 Å². The van der Waals surface area contributed by atoms with Crippen LogP contribution < -0.4 is 5.32 Å². The van der Waals surface area contributed by atoms with Crippen molar-refractivity contribution in [2.45, 2.75) is 29.8 Å².